The van der Waals surface area contributed by atoms with E-state index < -0.39 is 26.0 Å². The first-order valence-electron chi connectivity index (χ1n) is 17.6. The van der Waals surface area contributed by atoms with Crippen LogP contribution in [0.2, 0.25) is 0 Å². The molecule has 46 heavy (non-hydrogen) atoms. The smallest absolute Gasteiger partial charge is 0.109 e. The van der Waals surface area contributed by atoms with Crippen molar-refractivity contribution >= 4 is 11.4 Å². The van der Waals surface area contributed by atoms with Crippen molar-refractivity contribution in [1.82, 2.24) is 19.1 Å². The molecular formula is C38H32Ir2N6-2. The van der Waals surface area contributed by atoms with Crippen molar-refractivity contribution in [3.63, 3.8) is 0 Å². The van der Waals surface area contributed by atoms with Crippen molar-refractivity contribution in [3.05, 3.63) is 154 Å². The SMILES string of the molecule is [2H]c1nc(-c2[c-]ccc([N+]#[C-])c2)n(-c2c(C([2H])([2H])[2H])cc(C)cc2C([2H])([2H])[2H])c1[2H].[C-]#[N+]c1cc[c-]c(-c2nccn2-c2c(C)cc(C)cc2C)c1.[Ir].[Ir]. The Labute approximate surface area is 309 Å². The Morgan fingerprint density at radius 3 is 1.67 bits per heavy atom. The van der Waals surface area contributed by atoms with Crippen molar-refractivity contribution in [2.75, 3.05) is 0 Å². The molecule has 0 aliphatic carbocycles. The first kappa shape index (κ1) is 25.7. The summed E-state index contributed by atoms with van der Waals surface area (Å²) in [5.41, 5.74) is 6.42. The molecule has 0 fully saturated rings. The van der Waals surface area contributed by atoms with Crippen LogP contribution in [0.15, 0.2) is 85.4 Å². The van der Waals surface area contributed by atoms with Crippen molar-refractivity contribution in [1.29, 1.82) is 0 Å². The Balaban J connectivity index is 0.000000292. The van der Waals surface area contributed by atoms with Gasteiger partial charge in [0.1, 0.15) is 11.4 Å². The van der Waals surface area contributed by atoms with Gasteiger partial charge in [-0.1, -0.05) is 35.4 Å². The van der Waals surface area contributed by atoms with Gasteiger partial charge in [0, 0.05) is 84.5 Å². The van der Waals surface area contributed by atoms with Crippen LogP contribution in [0.5, 0.6) is 0 Å². The van der Waals surface area contributed by atoms with E-state index in [1.165, 1.54) is 47.0 Å². The molecule has 0 amide bonds. The number of rotatable bonds is 4. The van der Waals surface area contributed by atoms with Gasteiger partial charge in [0.05, 0.1) is 27.5 Å². The number of benzene rings is 4. The number of aromatic nitrogens is 4. The second-order valence-corrected chi connectivity index (χ2v) is 10.2. The summed E-state index contributed by atoms with van der Waals surface area (Å²) in [4.78, 5) is 15.3. The van der Waals surface area contributed by atoms with Gasteiger partial charge in [0.15, 0.2) is 0 Å². The molecule has 2 radical (unpaired) electrons. The summed E-state index contributed by atoms with van der Waals surface area (Å²) < 4.78 is 67.1. The normalized spacial score (nSPS) is 13.1. The molecule has 0 aliphatic heterocycles. The number of imidazole rings is 2. The van der Waals surface area contributed by atoms with E-state index in [1.807, 2.05) is 12.3 Å². The third kappa shape index (κ3) is 7.68. The molecule has 0 unspecified atom stereocenters. The summed E-state index contributed by atoms with van der Waals surface area (Å²) in [6.07, 6.45) is 2.82. The summed E-state index contributed by atoms with van der Waals surface area (Å²) in [6.45, 7) is 16.9. The zero-order chi connectivity index (χ0) is 38.1. The average Bonchev–Trinajstić information content (AvgIpc) is 3.67. The third-order valence-corrected chi connectivity index (χ3v) is 6.84. The Kier molecular flexibility index (Phi) is 8.80. The van der Waals surface area contributed by atoms with Crippen LogP contribution in [-0.2, 0) is 40.2 Å². The Morgan fingerprint density at radius 2 is 1.17 bits per heavy atom. The second kappa shape index (κ2) is 15.7. The first-order chi connectivity index (χ1) is 24.4. The standard InChI is InChI=1S/2C19H16N3.2Ir/c2*1-13-10-14(2)18(15(3)11-13)22-9-8-21-19(22)16-6-5-7-17(12-16)20-4;;/h2*5,7-12H,1-3H3;;/q2*-1;;/i2D3,3D3,8D,9D;;;. The Morgan fingerprint density at radius 1 is 0.696 bits per heavy atom. The van der Waals surface area contributed by atoms with Gasteiger partial charge in [-0.25, -0.2) is 0 Å². The predicted molar refractivity (Wildman–Crippen MR) is 177 cm³/mol. The fourth-order valence-electron chi connectivity index (χ4n) is 5.13. The minimum Gasteiger partial charge on any atom is -0.340 e. The number of nitrogens with zero attached hydrogens (tertiary/aromatic N) is 6. The van der Waals surface area contributed by atoms with Crippen LogP contribution in [0.1, 0.15) is 44.3 Å². The van der Waals surface area contributed by atoms with Crippen LogP contribution in [0.25, 0.3) is 43.8 Å². The van der Waals surface area contributed by atoms with Crippen molar-refractivity contribution in [3.8, 4) is 34.2 Å². The molecule has 0 atom stereocenters. The van der Waals surface area contributed by atoms with Crippen LogP contribution >= 0.6 is 0 Å². The van der Waals surface area contributed by atoms with Crippen molar-refractivity contribution in [2.45, 2.75) is 41.4 Å². The maximum atomic E-state index is 8.33. The molecule has 0 saturated heterocycles. The van der Waals surface area contributed by atoms with Crippen molar-refractivity contribution < 1.29 is 51.2 Å². The largest absolute Gasteiger partial charge is 0.340 e. The van der Waals surface area contributed by atoms with Gasteiger partial charge in [0.25, 0.3) is 0 Å². The summed E-state index contributed by atoms with van der Waals surface area (Å²) >= 11 is 0. The molecule has 0 aliphatic rings. The molecule has 4 aromatic carbocycles. The number of hydrogen-bond acceptors (Lipinski definition) is 2. The molecule has 0 saturated carbocycles. The van der Waals surface area contributed by atoms with E-state index in [-0.39, 0.29) is 74.1 Å². The van der Waals surface area contributed by atoms with Gasteiger partial charge in [-0.05, 0) is 63.7 Å². The van der Waals surface area contributed by atoms with Crippen LogP contribution in [0.4, 0.5) is 11.4 Å². The summed E-state index contributed by atoms with van der Waals surface area (Å²) in [5, 5.41) is 0. The van der Waals surface area contributed by atoms with Gasteiger partial charge in [0.2, 0.25) is 0 Å². The first-order valence-corrected chi connectivity index (χ1v) is 13.6. The minimum absolute atomic E-state index is 0. The molecule has 2 aromatic heterocycles. The van der Waals surface area contributed by atoms with E-state index >= 15 is 0 Å². The van der Waals surface area contributed by atoms with Crippen LogP contribution < -0.4 is 0 Å². The molecule has 234 valence electrons. The van der Waals surface area contributed by atoms with E-state index in [0.717, 1.165) is 21.6 Å². The molecule has 0 bridgehead atoms. The van der Waals surface area contributed by atoms with Gasteiger partial charge in [-0.15, -0.1) is 47.5 Å². The number of aryl methyl sites for hydroxylation is 6. The summed E-state index contributed by atoms with van der Waals surface area (Å²) in [5.74, 6) is 0.774. The van der Waals surface area contributed by atoms with E-state index in [4.69, 9.17) is 24.1 Å². The van der Waals surface area contributed by atoms with Gasteiger partial charge < -0.3 is 9.13 Å². The van der Waals surface area contributed by atoms with Crippen LogP contribution in [0.3, 0.4) is 0 Å². The van der Waals surface area contributed by atoms with Crippen LogP contribution in [0, 0.1) is 66.7 Å². The van der Waals surface area contributed by atoms with E-state index in [9.17, 15) is 0 Å². The molecule has 0 spiro atoms. The maximum Gasteiger partial charge on any atom is 0.109 e. The summed E-state index contributed by atoms with van der Waals surface area (Å²) in [6, 6.07) is 22.9. The predicted octanol–water partition coefficient (Wildman–Crippen LogP) is 9.63. The molecule has 6 rings (SSSR count). The fourth-order valence-corrected chi connectivity index (χ4v) is 5.13. The quantitative estimate of drug-likeness (QED) is 0.165. The Hall–Kier alpha value is -4.42. The van der Waals surface area contributed by atoms with Gasteiger partial charge in [-0.2, -0.15) is 12.1 Å². The number of hydrogen-bond donors (Lipinski definition) is 0. The van der Waals surface area contributed by atoms with Crippen molar-refractivity contribution in [2.24, 2.45) is 0 Å². The zero-order valence-corrected chi connectivity index (χ0v) is 30.1. The Bertz CT molecular complexity index is 2340. The monoisotopic (exact) mass is 966 g/mol. The minimum atomic E-state index is -2.68. The third-order valence-electron chi connectivity index (χ3n) is 6.84. The molecule has 6 nitrogen and oxygen atoms in total. The van der Waals surface area contributed by atoms with E-state index in [1.54, 1.807) is 25.3 Å². The average molecular weight is 965 g/mol. The second-order valence-electron chi connectivity index (χ2n) is 10.2. The molecule has 2 heterocycles. The molecule has 0 N–H and O–H groups in total. The van der Waals surface area contributed by atoms with Crippen LogP contribution in [-0.4, -0.2) is 19.1 Å². The van der Waals surface area contributed by atoms with Gasteiger partial charge >= 0.3 is 0 Å². The maximum absolute atomic E-state index is 8.33. The van der Waals surface area contributed by atoms with Gasteiger partial charge in [-0.3, -0.25) is 19.7 Å². The molecular weight excluding hydrogens is 925 g/mol. The van der Waals surface area contributed by atoms with E-state index in [2.05, 4.69) is 69.3 Å². The topological polar surface area (TPSA) is 44.4 Å². The molecule has 6 aromatic rings. The fraction of sp³-hybridized carbons (Fsp3) is 0.158. The zero-order valence-electron chi connectivity index (χ0n) is 33.3. The summed E-state index contributed by atoms with van der Waals surface area (Å²) in [7, 11) is 0. The molecule has 8 heteroatoms. The van der Waals surface area contributed by atoms with E-state index in [0.29, 0.717) is 11.3 Å².